The molecule has 1 radical (unpaired) electrons. The second-order valence-electron chi connectivity index (χ2n) is 6.52. The number of fused-ring (bicyclic) bond motifs is 2. The molecule has 2 aromatic rings. The normalized spacial score (nSPS) is 29.8. The number of carboxylic acids is 1. The van der Waals surface area contributed by atoms with Crippen molar-refractivity contribution in [1.82, 2.24) is 19.5 Å². The molecular formula is C14H16N5NaO10P. The van der Waals surface area contributed by atoms with Crippen molar-refractivity contribution in [2.24, 2.45) is 0 Å². The number of hydrogen-bond acceptors (Lipinski definition) is 11. The summed E-state index contributed by atoms with van der Waals surface area (Å²) < 4.78 is 34.0. The zero-order valence-electron chi connectivity index (χ0n) is 16.0. The van der Waals surface area contributed by atoms with Crippen LogP contribution in [0.2, 0.25) is 0 Å². The van der Waals surface area contributed by atoms with Crippen molar-refractivity contribution in [3.05, 3.63) is 16.7 Å². The van der Waals surface area contributed by atoms with Crippen LogP contribution >= 0.6 is 7.82 Å². The van der Waals surface area contributed by atoms with Crippen LogP contribution in [0.5, 0.6) is 0 Å². The monoisotopic (exact) mass is 468 g/mol. The zero-order chi connectivity index (χ0) is 21.6. The van der Waals surface area contributed by atoms with Crippen LogP contribution < -0.4 is 11.3 Å². The number of aromatic nitrogens is 4. The van der Waals surface area contributed by atoms with Gasteiger partial charge in [0.05, 0.1) is 25.8 Å². The van der Waals surface area contributed by atoms with Gasteiger partial charge in [-0.2, -0.15) is 4.98 Å². The number of anilines is 1. The molecule has 4 heterocycles. The molecule has 2 aliphatic rings. The number of nitrogens with two attached hydrogens (primary N) is 1. The summed E-state index contributed by atoms with van der Waals surface area (Å²) >= 11 is 0. The van der Waals surface area contributed by atoms with Gasteiger partial charge in [-0.05, 0) is 0 Å². The second kappa shape index (κ2) is 8.96. The van der Waals surface area contributed by atoms with Crippen molar-refractivity contribution < 1.29 is 42.7 Å². The van der Waals surface area contributed by atoms with Crippen molar-refractivity contribution in [2.45, 2.75) is 37.4 Å². The Bertz CT molecular complexity index is 1120. The van der Waals surface area contributed by atoms with E-state index in [4.69, 9.17) is 29.4 Å². The van der Waals surface area contributed by atoms with Crippen molar-refractivity contribution >= 4 is 66.4 Å². The Labute approximate surface area is 194 Å². The Morgan fingerprint density at radius 1 is 1.42 bits per heavy atom. The summed E-state index contributed by atoms with van der Waals surface area (Å²) in [6, 6.07) is 0. The first-order chi connectivity index (χ1) is 14.1. The van der Waals surface area contributed by atoms with Gasteiger partial charge in [0, 0.05) is 29.6 Å². The SMILES string of the molecule is Nc1nc2c(ncn2[C@@H]2O[C@@H]3COP(=O)(O)O[C@H]3[C@H]2OC(=O)CCC(=O)O)c(=O)[nH]1.[Na]. The first-order valence-corrected chi connectivity index (χ1v) is 10.1. The van der Waals surface area contributed by atoms with Gasteiger partial charge >= 0.3 is 19.8 Å². The summed E-state index contributed by atoms with van der Waals surface area (Å²) in [6.07, 6.45) is -4.29. The van der Waals surface area contributed by atoms with Crippen LogP contribution in [-0.2, 0) is 32.7 Å². The van der Waals surface area contributed by atoms with Crippen LogP contribution in [0.15, 0.2) is 11.1 Å². The number of nitrogen functional groups attached to an aromatic ring is 1. The molecule has 0 spiro atoms. The molecule has 2 aromatic heterocycles. The van der Waals surface area contributed by atoms with E-state index in [0.717, 1.165) is 0 Å². The average Bonchev–Trinajstić information content (AvgIpc) is 3.21. The Morgan fingerprint density at radius 2 is 2.16 bits per heavy atom. The third-order valence-electron chi connectivity index (χ3n) is 4.48. The number of phosphoric ester groups is 1. The van der Waals surface area contributed by atoms with E-state index in [0.29, 0.717) is 0 Å². The molecule has 0 aromatic carbocycles. The molecule has 0 amide bonds. The molecule has 0 aliphatic carbocycles. The molecule has 31 heavy (non-hydrogen) atoms. The molecule has 0 saturated carbocycles. The van der Waals surface area contributed by atoms with Crippen molar-refractivity contribution in [1.29, 1.82) is 0 Å². The number of imidazole rings is 1. The number of carbonyl (C=O) groups is 2. The quantitative estimate of drug-likeness (QED) is 0.224. The van der Waals surface area contributed by atoms with Gasteiger partial charge in [-0.3, -0.25) is 33.0 Å². The number of nitrogens with one attached hydrogen (secondary N) is 1. The number of H-pyrrole nitrogens is 1. The smallest absolute Gasteiger partial charge is 0.472 e. The predicted octanol–water partition coefficient (Wildman–Crippen LogP) is -1.49. The van der Waals surface area contributed by atoms with Crippen LogP contribution in [0.4, 0.5) is 5.95 Å². The first kappa shape index (κ1) is 23.8. The van der Waals surface area contributed by atoms with Crippen LogP contribution in [-0.4, -0.2) is 95.9 Å². The maximum absolute atomic E-state index is 12.2. The van der Waals surface area contributed by atoms with Crippen LogP contribution in [0, 0.1) is 0 Å². The third-order valence-corrected chi connectivity index (χ3v) is 5.46. The van der Waals surface area contributed by atoms with Crippen molar-refractivity contribution in [3.63, 3.8) is 0 Å². The van der Waals surface area contributed by atoms with Gasteiger partial charge in [-0.15, -0.1) is 0 Å². The van der Waals surface area contributed by atoms with Gasteiger partial charge in [0.2, 0.25) is 5.95 Å². The van der Waals surface area contributed by atoms with Gasteiger partial charge < -0.3 is 25.2 Å². The molecule has 17 heteroatoms. The van der Waals surface area contributed by atoms with E-state index in [-0.39, 0.29) is 53.3 Å². The summed E-state index contributed by atoms with van der Waals surface area (Å²) in [4.78, 5) is 54.8. The van der Waals surface area contributed by atoms with E-state index in [9.17, 15) is 23.8 Å². The number of hydrogen-bond donors (Lipinski definition) is 4. The molecule has 0 bridgehead atoms. The molecule has 1 unspecified atom stereocenters. The Hall–Kier alpha value is -1.84. The third kappa shape index (κ3) is 4.83. The minimum Gasteiger partial charge on any atom is -0.481 e. The van der Waals surface area contributed by atoms with Crippen molar-refractivity contribution in [3.8, 4) is 0 Å². The summed E-state index contributed by atoms with van der Waals surface area (Å²) in [5.74, 6) is -2.29. The molecule has 2 saturated heterocycles. The Morgan fingerprint density at radius 3 is 2.87 bits per heavy atom. The second-order valence-corrected chi connectivity index (χ2v) is 7.93. The molecule has 15 nitrogen and oxygen atoms in total. The topological polar surface area (TPSA) is 218 Å². The fourth-order valence-electron chi connectivity index (χ4n) is 3.22. The Balaban J connectivity index is 0.00000272. The minimum atomic E-state index is -4.42. The number of esters is 1. The predicted molar refractivity (Wildman–Crippen MR) is 99.6 cm³/mol. The van der Waals surface area contributed by atoms with Crippen LogP contribution in [0.3, 0.4) is 0 Å². The average molecular weight is 468 g/mol. The number of aliphatic carboxylic acids is 1. The summed E-state index contributed by atoms with van der Waals surface area (Å²) in [6.45, 7) is -0.332. The summed E-state index contributed by atoms with van der Waals surface area (Å²) in [7, 11) is -4.42. The maximum atomic E-state index is 12.2. The fourth-order valence-corrected chi connectivity index (χ4v) is 4.18. The molecule has 2 fully saturated rings. The number of ether oxygens (including phenoxy) is 2. The van der Waals surface area contributed by atoms with Crippen LogP contribution in [0.25, 0.3) is 11.2 Å². The van der Waals surface area contributed by atoms with Gasteiger partial charge in [-0.1, -0.05) is 0 Å². The molecule has 2 aliphatic heterocycles. The fraction of sp³-hybridized carbons (Fsp3) is 0.500. The van der Waals surface area contributed by atoms with E-state index < -0.39 is 62.7 Å². The zero-order valence-corrected chi connectivity index (χ0v) is 18.9. The van der Waals surface area contributed by atoms with Gasteiger partial charge in [-0.25, -0.2) is 9.55 Å². The van der Waals surface area contributed by atoms with E-state index in [1.807, 2.05) is 0 Å². The van der Waals surface area contributed by atoms with Gasteiger partial charge in [0.1, 0.15) is 12.2 Å². The largest absolute Gasteiger partial charge is 0.481 e. The number of aromatic amines is 1. The number of rotatable bonds is 5. The summed E-state index contributed by atoms with van der Waals surface area (Å²) in [5, 5.41) is 8.74. The maximum Gasteiger partial charge on any atom is 0.472 e. The molecule has 5 atom stereocenters. The number of carbonyl (C=O) groups excluding carboxylic acids is 1. The standard InChI is InChI=1S/C14H16N5O10P.Na/c15-14-17-11-8(12(23)18-14)16-4-19(11)13-10(28-7(22)2-1-6(20)21)9-5(27-13)3-26-30(24,25)29-9;/h4-5,9-10,13H,1-3H2,(H,20,21)(H,24,25)(H3,15,17,18,23);/t5-,9-,10-,13-;/m1./s1. The van der Waals surface area contributed by atoms with E-state index >= 15 is 0 Å². The van der Waals surface area contributed by atoms with Gasteiger partial charge in [0.25, 0.3) is 5.56 Å². The number of nitrogens with zero attached hydrogens (tertiary/aromatic N) is 3. The van der Waals surface area contributed by atoms with Gasteiger partial charge in [0.15, 0.2) is 23.5 Å². The minimum absolute atomic E-state index is 0. The summed E-state index contributed by atoms with van der Waals surface area (Å²) in [5.41, 5.74) is 4.92. The molecule has 5 N–H and O–H groups in total. The number of carboxylic acid groups (broad SMARTS) is 1. The molecular weight excluding hydrogens is 452 g/mol. The Kier molecular flexibility index (Phi) is 6.88. The first-order valence-electron chi connectivity index (χ1n) is 8.59. The van der Waals surface area contributed by atoms with E-state index in [1.54, 1.807) is 0 Å². The van der Waals surface area contributed by atoms with Crippen molar-refractivity contribution in [2.75, 3.05) is 12.3 Å². The van der Waals surface area contributed by atoms with E-state index in [1.165, 1.54) is 10.9 Å². The van der Waals surface area contributed by atoms with Crippen LogP contribution in [0.1, 0.15) is 19.1 Å². The molecule has 163 valence electrons. The number of phosphoric acid groups is 1. The van der Waals surface area contributed by atoms with E-state index in [2.05, 4.69) is 15.0 Å². The molecule has 4 rings (SSSR count).